The van der Waals surface area contributed by atoms with Crippen LogP contribution in [-0.2, 0) is 12.8 Å². The molecule has 2 aromatic carbocycles. The van der Waals surface area contributed by atoms with E-state index >= 15 is 0 Å². The number of benzene rings is 2. The lowest BCUT2D eigenvalue weighted by molar-refractivity contribution is 0.414. The minimum atomic E-state index is 0. The molecule has 0 atom stereocenters. The Hall–Kier alpha value is -3.05. The Morgan fingerprint density at radius 2 is 1.27 bits per heavy atom. The van der Waals surface area contributed by atoms with E-state index in [9.17, 15) is 0 Å². The van der Waals surface area contributed by atoms with Gasteiger partial charge < -0.3 is 21.4 Å². The third-order valence-electron chi connectivity index (χ3n) is 4.28. The first-order chi connectivity index (χ1) is 12.2. The van der Waals surface area contributed by atoms with Crippen LogP contribution in [-0.4, -0.2) is 19.2 Å². The number of anilines is 1. The van der Waals surface area contributed by atoms with Crippen molar-refractivity contribution in [1.29, 1.82) is 0 Å². The van der Waals surface area contributed by atoms with Crippen molar-refractivity contribution in [3.63, 3.8) is 0 Å². The van der Waals surface area contributed by atoms with Crippen LogP contribution in [0.25, 0.3) is 0 Å². The number of ether oxygens (including phenoxy) is 2. The monoisotopic (exact) mass is 351 g/mol. The molecule has 0 unspecified atom stereocenters. The molecule has 3 aromatic rings. The summed E-state index contributed by atoms with van der Waals surface area (Å²) in [5, 5.41) is 0. The number of methoxy groups -OCH3 is 2. The summed E-state index contributed by atoms with van der Waals surface area (Å²) in [6.07, 6.45) is 3.32. The van der Waals surface area contributed by atoms with Gasteiger partial charge >= 0.3 is 0 Å². The fourth-order valence-corrected chi connectivity index (χ4v) is 2.83. The molecule has 1 aromatic heterocycles. The predicted molar refractivity (Wildman–Crippen MR) is 105 cm³/mol. The molecule has 5 nitrogen and oxygen atoms in total. The van der Waals surface area contributed by atoms with Gasteiger partial charge in [-0.2, -0.15) is 0 Å². The summed E-state index contributed by atoms with van der Waals surface area (Å²) in [4.78, 5) is 4.27. The van der Waals surface area contributed by atoms with E-state index in [1.807, 2.05) is 30.3 Å². The lowest BCUT2D eigenvalue weighted by Crippen LogP contribution is -2.04. The highest BCUT2D eigenvalue weighted by molar-refractivity contribution is 5.49. The molecule has 5 heteroatoms. The van der Waals surface area contributed by atoms with Gasteiger partial charge in [-0.05, 0) is 53.4 Å². The molecule has 0 saturated carbocycles. The molecule has 0 spiro atoms. The largest absolute Gasteiger partial charge is 0.497 e. The van der Waals surface area contributed by atoms with E-state index in [2.05, 4.69) is 29.2 Å². The highest BCUT2D eigenvalue weighted by Crippen LogP contribution is 2.23. The van der Waals surface area contributed by atoms with Crippen LogP contribution in [0.3, 0.4) is 0 Å². The summed E-state index contributed by atoms with van der Waals surface area (Å²) < 4.78 is 10.4. The van der Waals surface area contributed by atoms with Gasteiger partial charge in [-0.1, -0.05) is 24.3 Å². The molecular formula is C21H25N3O2. The van der Waals surface area contributed by atoms with Crippen molar-refractivity contribution in [3.8, 4) is 11.5 Å². The number of nitrogen functional groups attached to an aromatic ring is 1. The van der Waals surface area contributed by atoms with Crippen molar-refractivity contribution >= 4 is 5.82 Å². The summed E-state index contributed by atoms with van der Waals surface area (Å²) in [5.41, 5.74) is 10.8. The molecule has 0 aliphatic carbocycles. The highest BCUT2D eigenvalue weighted by atomic mass is 16.5. The third-order valence-corrected chi connectivity index (χ3v) is 4.28. The van der Waals surface area contributed by atoms with E-state index in [0.29, 0.717) is 5.82 Å². The zero-order chi connectivity index (χ0) is 17.6. The maximum Gasteiger partial charge on any atom is 0.127 e. The second kappa shape index (κ2) is 8.87. The normalized spacial score (nSPS) is 10.1. The number of hydrogen-bond donors (Lipinski definition) is 2. The van der Waals surface area contributed by atoms with Crippen LogP contribution >= 0.6 is 0 Å². The molecule has 0 aliphatic rings. The predicted octanol–water partition coefficient (Wildman–Crippen LogP) is 4.02. The molecule has 5 N–H and O–H groups in total. The molecule has 0 bridgehead atoms. The summed E-state index contributed by atoms with van der Waals surface area (Å²) in [7, 11) is 3.34. The van der Waals surface area contributed by atoms with Crippen LogP contribution < -0.4 is 21.4 Å². The Balaban J connectivity index is 0.00000243. The van der Waals surface area contributed by atoms with E-state index in [-0.39, 0.29) is 6.15 Å². The lowest BCUT2D eigenvalue weighted by atomic mass is 9.96. The Morgan fingerprint density at radius 1 is 0.769 bits per heavy atom. The topological polar surface area (TPSA) is 92.4 Å². The molecule has 0 amide bonds. The summed E-state index contributed by atoms with van der Waals surface area (Å²) in [6.45, 7) is 0. The number of nitrogens with two attached hydrogens (primary N) is 1. The lowest BCUT2D eigenvalue weighted by Gasteiger charge is -2.13. The van der Waals surface area contributed by atoms with Gasteiger partial charge in [0.1, 0.15) is 17.3 Å². The van der Waals surface area contributed by atoms with Crippen molar-refractivity contribution in [1.82, 2.24) is 11.1 Å². The zero-order valence-electron chi connectivity index (χ0n) is 15.2. The van der Waals surface area contributed by atoms with Crippen LogP contribution in [0.1, 0.15) is 22.3 Å². The van der Waals surface area contributed by atoms with Crippen molar-refractivity contribution in [2.75, 3.05) is 20.0 Å². The molecule has 1 heterocycles. The van der Waals surface area contributed by atoms with Crippen molar-refractivity contribution in [2.24, 2.45) is 0 Å². The van der Waals surface area contributed by atoms with Crippen LogP contribution in [0, 0.1) is 0 Å². The number of aromatic nitrogens is 1. The number of pyridine rings is 1. The maximum absolute atomic E-state index is 6.17. The smallest absolute Gasteiger partial charge is 0.127 e. The van der Waals surface area contributed by atoms with Gasteiger partial charge in [0.05, 0.1) is 14.2 Å². The Kier molecular flexibility index (Phi) is 6.58. The van der Waals surface area contributed by atoms with E-state index in [4.69, 9.17) is 15.2 Å². The average molecular weight is 351 g/mol. The third kappa shape index (κ3) is 4.52. The highest BCUT2D eigenvalue weighted by Gasteiger charge is 2.10. The maximum atomic E-state index is 6.17. The van der Waals surface area contributed by atoms with Crippen LogP contribution in [0.15, 0.2) is 60.8 Å². The molecule has 0 fully saturated rings. The molecule has 0 aliphatic heterocycles. The standard InChI is InChI=1S/C21H22N2O2.H3N/c1-24-18-7-3-15(4-8-18)13-17-11-12-23-21(22)20(17)14-16-5-9-19(25-2)10-6-16;/h3-12H,13-14H2,1-2H3,(H2,22,23);1H3. The second-order valence-electron chi connectivity index (χ2n) is 5.88. The van der Waals surface area contributed by atoms with Crippen molar-refractivity contribution in [2.45, 2.75) is 12.8 Å². The van der Waals surface area contributed by atoms with E-state index < -0.39 is 0 Å². The van der Waals surface area contributed by atoms with Gasteiger partial charge in [-0.3, -0.25) is 0 Å². The number of hydrogen-bond acceptors (Lipinski definition) is 5. The molecule has 136 valence electrons. The van der Waals surface area contributed by atoms with Gasteiger partial charge in [0.2, 0.25) is 0 Å². The van der Waals surface area contributed by atoms with Gasteiger partial charge in [0, 0.05) is 18.2 Å². The van der Waals surface area contributed by atoms with Gasteiger partial charge in [0.25, 0.3) is 0 Å². The average Bonchev–Trinajstić information content (AvgIpc) is 2.66. The molecule has 26 heavy (non-hydrogen) atoms. The summed E-state index contributed by atoms with van der Waals surface area (Å²) >= 11 is 0. The molecular weight excluding hydrogens is 326 g/mol. The number of nitrogens with zero attached hydrogens (tertiary/aromatic N) is 1. The van der Waals surface area contributed by atoms with Crippen LogP contribution in [0.2, 0.25) is 0 Å². The second-order valence-corrected chi connectivity index (χ2v) is 5.88. The summed E-state index contributed by atoms with van der Waals surface area (Å²) in [5.74, 6) is 2.29. The van der Waals surface area contributed by atoms with Gasteiger partial charge in [-0.15, -0.1) is 0 Å². The van der Waals surface area contributed by atoms with E-state index in [1.165, 1.54) is 16.7 Å². The molecule has 3 rings (SSSR count). The van der Waals surface area contributed by atoms with Crippen molar-refractivity contribution < 1.29 is 9.47 Å². The number of rotatable bonds is 6. The van der Waals surface area contributed by atoms with Gasteiger partial charge in [-0.25, -0.2) is 4.98 Å². The van der Waals surface area contributed by atoms with Crippen molar-refractivity contribution in [3.05, 3.63) is 83.0 Å². The quantitative estimate of drug-likeness (QED) is 0.699. The Morgan fingerprint density at radius 3 is 1.77 bits per heavy atom. The van der Waals surface area contributed by atoms with Crippen LogP contribution in [0.4, 0.5) is 5.82 Å². The first kappa shape index (κ1) is 19.3. The van der Waals surface area contributed by atoms with Crippen LogP contribution in [0.5, 0.6) is 11.5 Å². The Labute approximate surface area is 154 Å². The zero-order valence-corrected chi connectivity index (χ0v) is 15.2. The first-order valence-electron chi connectivity index (χ1n) is 8.17. The van der Waals surface area contributed by atoms with E-state index in [0.717, 1.165) is 29.9 Å². The SMILES string of the molecule is COc1ccc(Cc2ccnc(N)c2Cc2ccc(OC)cc2)cc1.N. The Bertz CT molecular complexity index is 831. The molecule has 0 saturated heterocycles. The minimum absolute atomic E-state index is 0. The van der Waals surface area contributed by atoms with Gasteiger partial charge in [0.15, 0.2) is 0 Å². The fourth-order valence-electron chi connectivity index (χ4n) is 2.83. The minimum Gasteiger partial charge on any atom is -0.497 e. The first-order valence-corrected chi connectivity index (χ1v) is 8.17. The van der Waals surface area contributed by atoms with E-state index in [1.54, 1.807) is 20.4 Å². The molecule has 0 radical (unpaired) electrons. The summed E-state index contributed by atoms with van der Waals surface area (Å²) in [6, 6.07) is 18.2. The fraction of sp³-hybridized carbons (Fsp3) is 0.190.